The largest absolute Gasteiger partial charge is 0.444 e. The molecule has 0 fully saturated rings. The Bertz CT molecular complexity index is 720. The summed E-state index contributed by atoms with van der Waals surface area (Å²) in [6.45, 7) is 13.1. The van der Waals surface area contributed by atoms with Crippen LogP contribution in [0.1, 0.15) is 63.2 Å². The van der Waals surface area contributed by atoms with Crippen LogP contribution in [0.2, 0.25) is 0 Å². The molecule has 1 N–H and O–H groups in total. The first-order valence-electron chi connectivity index (χ1n) is 10.3. The molecule has 0 bridgehead atoms. The zero-order valence-electron chi connectivity index (χ0n) is 19.4. The van der Waals surface area contributed by atoms with Gasteiger partial charge in [0.25, 0.3) is 0 Å². The average molecular weight is 420 g/mol. The van der Waals surface area contributed by atoms with E-state index in [0.29, 0.717) is 25.1 Å². The van der Waals surface area contributed by atoms with Crippen LogP contribution in [0.3, 0.4) is 0 Å². The van der Waals surface area contributed by atoms with Gasteiger partial charge in [0.2, 0.25) is 0 Å². The van der Waals surface area contributed by atoms with Crippen LogP contribution in [0.15, 0.2) is 36.5 Å². The topological polar surface area (TPSA) is 82.5 Å². The zero-order chi connectivity index (χ0) is 23.0. The molecule has 1 aromatic heterocycles. The van der Waals surface area contributed by atoms with E-state index >= 15 is 0 Å². The molecular weight excluding hydrogens is 382 g/mol. The van der Waals surface area contributed by atoms with Crippen molar-refractivity contribution in [2.24, 2.45) is 0 Å². The van der Waals surface area contributed by atoms with Crippen molar-refractivity contribution >= 4 is 12.4 Å². The van der Waals surface area contributed by atoms with Crippen LogP contribution in [0.25, 0.3) is 0 Å². The molecule has 2 aromatic rings. The lowest BCUT2D eigenvalue weighted by Gasteiger charge is -2.19. The lowest BCUT2D eigenvalue weighted by Crippen LogP contribution is -2.34. The number of ether oxygens (including phenoxy) is 2. The maximum absolute atomic E-state index is 11.6. The van der Waals surface area contributed by atoms with Crippen LogP contribution < -0.4 is 5.32 Å². The quantitative estimate of drug-likeness (QED) is 0.669. The summed E-state index contributed by atoms with van der Waals surface area (Å²) in [6.07, 6.45) is 2.64. The number of hydrogen-bond donors (Lipinski definition) is 1. The maximum atomic E-state index is 11.6. The lowest BCUT2D eigenvalue weighted by atomic mass is 10.1. The zero-order valence-corrected chi connectivity index (χ0v) is 19.4. The average Bonchev–Trinajstić information content (AvgIpc) is 3.10. The van der Waals surface area contributed by atoms with Crippen LogP contribution in [-0.2, 0) is 22.4 Å². The van der Waals surface area contributed by atoms with Crippen LogP contribution in [0.4, 0.5) is 4.79 Å². The number of rotatable bonds is 7. The molecule has 1 amide bonds. The van der Waals surface area contributed by atoms with E-state index in [9.17, 15) is 9.59 Å². The molecule has 0 saturated heterocycles. The van der Waals surface area contributed by atoms with Crippen LogP contribution in [0.5, 0.6) is 0 Å². The van der Waals surface area contributed by atoms with E-state index in [1.54, 1.807) is 18.0 Å². The molecule has 7 heteroatoms. The summed E-state index contributed by atoms with van der Waals surface area (Å²) in [7, 11) is 1.68. The third-order valence-electron chi connectivity index (χ3n) is 3.51. The molecule has 0 aliphatic carbocycles. The van der Waals surface area contributed by atoms with Crippen molar-refractivity contribution in [1.82, 2.24) is 15.1 Å². The Morgan fingerprint density at radius 1 is 1.20 bits per heavy atom. The summed E-state index contributed by atoms with van der Waals surface area (Å²) in [6, 6.07) is 9.86. The SMILES string of the molecule is CC.CC(C)(C)OC(=O)NCCn1cc(C=O)c(Cc2ccccc2)n1.CCOC. The van der Waals surface area contributed by atoms with Gasteiger partial charge in [-0.15, -0.1) is 0 Å². The van der Waals surface area contributed by atoms with Crippen molar-refractivity contribution in [2.75, 3.05) is 20.3 Å². The number of carbonyl (C=O) groups excluding carboxylic acids is 2. The van der Waals surface area contributed by atoms with Crippen molar-refractivity contribution < 1.29 is 19.1 Å². The van der Waals surface area contributed by atoms with Gasteiger partial charge in [0.1, 0.15) is 5.60 Å². The number of nitrogens with zero attached hydrogens (tertiary/aromatic N) is 2. The Labute approximate surface area is 180 Å². The van der Waals surface area contributed by atoms with E-state index < -0.39 is 11.7 Å². The van der Waals surface area contributed by atoms with E-state index in [2.05, 4.69) is 15.2 Å². The van der Waals surface area contributed by atoms with Gasteiger partial charge in [-0.05, 0) is 33.3 Å². The van der Waals surface area contributed by atoms with Gasteiger partial charge in [0.05, 0.1) is 17.8 Å². The smallest absolute Gasteiger partial charge is 0.407 e. The fraction of sp³-hybridized carbons (Fsp3) is 0.522. The molecule has 0 atom stereocenters. The molecule has 0 saturated carbocycles. The van der Waals surface area contributed by atoms with Gasteiger partial charge < -0.3 is 14.8 Å². The highest BCUT2D eigenvalue weighted by Crippen LogP contribution is 2.11. The summed E-state index contributed by atoms with van der Waals surface area (Å²) < 4.78 is 11.4. The molecule has 0 radical (unpaired) electrons. The predicted octanol–water partition coefficient (Wildman–Crippen LogP) is 4.49. The van der Waals surface area contributed by atoms with Crippen LogP contribution in [0, 0.1) is 0 Å². The summed E-state index contributed by atoms with van der Waals surface area (Å²) in [4.78, 5) is 22.8. The number of amides is 1. The molecule has 1 aromatic carbocycles. The van der Waals surface area contributed by atoms with E-state index in [1.165, 1.54) is 0 Å². The number of alkyl carbamates (subject to hydrolysis) is 1. The van der Waals surface area contributed by atoms with Gasteiger partial charge in [0.15, 0.2) is 6.29 Å². The third kappa shape index (κ3) is 12.0. The molecule has 0 aliphatic rings. The van der Waals surface area contributed by atoms with E-state index in [4.69, 9.17) is 4.74 Å². The fourth-order valence-electron chi connectivity index (χ4n) is 2.20. The summed E-state index contributed by atoms with van der Waals surface area (Å²) in [5, 5.41) is 7.11. The minimum atomic E-state index is -0.524. The maximum Gasteiger partial charge on any atom is 0.407 e. The molecule has 168 valence electrons. The first kappa shape index (κ1) is 27.3. The minimum absolute atomic E-state index is 0.375. The van der Waals surface area contributed by atoms with Crippen LogP contribution in [-0.4, -0.2) is 48.0 Å². The van der Waals surface area contributed by atoms with Crippen molar-refractivity contribution in [2.45, 2.75) is 60.1 Å². The Hall–Kier alpha value is -2.67. The van der Waals surface area contributed by atoms with E-state index in [-0.39, 0.29) is 0 Å². The summed E-state index contributed by atoms with van der Waals surface area (Å²) in [5.74, 6) is 0. The number of aldehydes is 1. The number of aromatic nitrogens is 2. The van der Waals surface area contributed by atoms with Gasteiger partial charge in [-0.25, -0.2) is 4.79 Å². The Kier molecular flexibility index (Phi) is 13.9. The normalized spacial score (nSPS) is 10.1. The Morgan fingerprint density at radius 3 is 2.30 bits per heavy atom. The second-order valence-electron chi connectivity index (χ2n) is 7.08. The first-order valence-corrected chi connectivity index (χ1v) is 10.3. The van der Waals surface area contributed by atoms with Crippen LogP contribution >= 0.6 is 0 Å². The molecule has 30 heavy (non-hydrogen) atoms. The molecule has 2 rings (SSSR count). The predicted molar refractivity (Wildman–Crippen MR) is 120 cm³/mol. The second-order valence-corrected chi connectivity index (χ2v) is 7.08. The fourth-order valence-corrected chi connectivity index (χ4v) is 2.20. The third-order valence-corrected chi connectivity index (χ3v) is 3.51. The highest BCUT2D eigenvalue weighted by molar-refractivity contribution is 5.76. The summed E-state index contributed by atoms with van der Waals surface area (Å²) in [5.41, 5.74) is 1.87. The second kappa shape index (κ2) is 15.2. The molecule has 0 aliphatic heterocycles. The summed E-state index contributed by atoms with van der Waals surface area (Å²) >= 11 is 0. The van der Waals surface area contributed by atoms with Gasteiger partial charge in [-0.3, -0.25) is 9.48 Å². The van der Waals surface area contributed by atoms with Gasteiger partial charge in [-0.2, -0.15) is 5.10 Å². The minimum Gasteiger partial charge on any atom is -0.444 e. The molecule has 1 heterocycles. The van der Waals surface area contributed by atoms with Crippen molar-refractivity contribution in [3.05, 3.63) is 53.3 Å². The Morgan fingerprint density at radius 2 is 1.80 bits per heavy atom. The number of hydrogen-bond acceptors (Lipinski definition) is 5. The van der Waals surface area contributed by atoms with E-state index in [1.807, 2.05) is 71.9 Å². The van der Waals surface area contributed by atoms with Gasteiger partial charge >= 0.3 is 6.09 Å². The first-order chi connectivity index (χ1) is 14.3. The van der Waals surface area contributed by atoms with Crippen molar-refractivity contribution in [3.8, 4) is 0 Å². The number of nitrogens with one attached hydrogen (secondary N) is 1. The highest BCUT2D eigenvalue weighted by Gasteiger charge is 2.15. The number of benzene rings is 1. The standard InChI is InChI=1S/C18H23N3O3.C3H8O.C2H6/c1-18(2,3)24-17(23)19-9-10-21-12-15(13-22)16(20-21)11-14-7-5-4-6-8-14;1-3-4-2;1-2/h4-8,12-13H,9-11H2,1-3H3,(H,19,23);3H2,1-2H3;1-2H3. The van der Waals surface area contributed by atoms with Crippen molar-refractivity contribution in [1.29, 1.82) is 0 Å². The monoisotopic (exact) mass is 419 g/mol. The molecule has 0 unspecified atom stereocenters. The molecule has 0 spiro atoms. The van der Waals surface area contributed by atoms with Crippen molar-refractivity contribution in [3.63, 3.8) is 0 Å². The molecular formula is C23H37N3O4. The van der Waals surface area contributed by atoms with Gasteiger partial charge in [0, 0.05) is 32.9 Å². The highest BCUT2D eigenvalue weighted by atomic mass is 16.6. The Balaban J connectivity index is 0.00000125. The molecule has 7 nitrogen and oxygen atoms in total. The lowest BCUT2D eigenvalue weighted by molar-refractivity contribution is 0.0525. The van der Waals surface area contributed by atoms with Gasteiger partial charge in [-0.1, -0.05) is 44.2 Å². The number of carbonyl (C=O) groups is 2. The number of methoxy groups -OCH3 is 1. The van der Waals surface area contributed by atoms with E-state index in [0.717, 1.165) is 24.2 Å².